The molecular formula is C23H32N2O3S2. The van der Waals surface area contributed by atoms with E-state index in [0.29, 0.717) is 12.1 Å². The largest absolute Gasteiger partial charge is 0.325 e. The molecule has 7 heteroatoms. The predicted octanol–water partition coefficient (Wildman–Crippen LogP) is 5.04. The molecule has 2 N–H and O–H groups in total. The molecule has 0 fully saturated rings. The Balaban J connectivity index is 2.21. The topological polar surface area (TPSA) is 75.3 Å². The first-order valence-corrected chi connectivity index (χ1v) is 12.7. The van der Waals surface area contributed by atoms with Gasteiger partial charge in [-0.25, -0.2) is 13.1 Å². The van der Waals surface area contributed by atoms with Crippen molar-refractivity contribution in [3.8, 4) is 0 Å². The Morgan fingerprint density at radius 3 is 2.27 bits per heavy atom. The Hall–Kier alpha value is -1.83. The maximum atomic E-state index is 13.0. The van der Waals surface area contributed by atoms with E-state index in [1.807, 2.05) is 31.4 Å². The summed E-state index contributed by atoms with van der Waals surface area (Å²) in [6.45, 7) is 9.69. The molecule has 5 nitrogen and oxygen atoms in total. The number of amides is 1. The van der Waals surface area contributed by atoms with Crippen molar-refractivity contribution < 1.29 is 13.2 Å². The van der Waals surface area contributed by atoms with Gasteiger partial charge >= 0.3 is 0 Å². The number of anilines is 1. The van der Waals surface area contributed by atoms with Gasteiger partial charge < -0.3 is 5.32 Å². The van der Waals surface area contributed by atoms with Crippen LogP contribution in [0.1, 0.15) is 46.6 Å². The molecule has 2 aromatic rings. The van der Waals surface area contributed by atoms with Gasteiger partial charge in [-0.15, -0.1) is 11.8 Å². The van der Waals surface area contributed by atoms with Crippen LogP contribution in [0.5, 0.6) is 0 Å². The van der Waals surface area contributed by atoms with Gasteiger partial charge in [-0.1, -0.05) is 58.0 Å². The third kappa shape index (κ3) is 6.33. The van der Waals surface area contributed by atoms with Gasteiger partial charge in [0.05, 0.1) is 10.6 Å². The lowest BCUT2D eigenvalue weighted by molar-refractivity contribution is -0.118. The van der Waals surface area contributed by atoms with Gasteiger partial charge in [0, 0.05) is 16.9 Å². The zero-order chi connectivity index (χ0) is 22.5. The van der Waals surface area contributed by atoms with E-state index in [-0.39, 0.29) is 28.2 Å². The summed E-state index contributed by atoms with van der Waals surface area (Å²) in [7, 11) is -3.73. The smallest absolute Gasteiger partial charge is 0.240 e. The highest BCUT2D eigenvalue weighted by Gasteiger charge is 2.26. The van der Waals surface area contributed by atoms with E-state index < -0.39 is 10.0 Å². The molecule has 30 heavy (non-hydrogen) atoms. The van der Waals surface area contributed by atoms with Gasteiger partial charge in [0.25, 0.3) is 0 Å². The molecule has 0 radical (unpaired) electrons. The third-order valence-corrected chi connectivity index (χ3v) is 7.37. The summed E-state index contributed by atoms with van der Waals surface area (Å²) in [5, 5.41) is 2.83. The third-order valence-electron chi connectivity index (χ3n) is 4.99. The Morgan fingerprint density at radius 1 is 1.07 bits per heavy atom. The van der Waals surface area contributed by atoms with Crippen molar-refractivity contribution in [3.63, 3.8) is 0 Å². The van der Waals surface area contributed by atoms with Crippen molar-refractivity contribution in [2.45, 2.75) is 62.3 Å². The normalized spacial score (nSPS) is 13.3. The number of rotatable bonds is 9. The summed E-state index contributed by atoms with van der Waals surface area (Å²) in [5.74, 6) is -0.343. The summed E-state index contributed by atoms with van der Waals surface area (Å²) in [4.78, 5) is 13.1. The molecule has 1 unspecified atom stereocenters. The van der Waals surface area contributed by atoms with Crippen LogP contribution in [0.25, 0.3) is 0 Å². The first-order valence-electron chi connectivity index (χ1n) is 10.0. The molecule has 0 bridgehead atoms. The first kappa shape index (κ1) is 24.4. The molecule has 0 saturated heterocycles. The average Bonchev–Trinajstić information content (AvgIpc) is 2.67. The number of sulfonamides is 1. The maximum absolute atomic E-state index is 13.0. The van der Waals surface area contributed by atoms with Gasteiger partial charge in [-0.05, 0) is 48.8 Å². The fourth-order valence-corrected chi connectivity index (χ4v) is 5.18. The molecule has 0 saturated carbocycles. The molecule has 2 aromatic carbocycles. The lowest BCUT2D eigenvalue weighted by atomic mass is 9.79. The average molecular weight is 449 g/mol. The van der Waals surface area contributed by atoms with E-state index in [4.69, 9.17) is 0 Å². The predicted molar refractivity (Wildman–Crippen MR) is 126 cm³/mol. The second kappa shape index (κ2) is 9.98. The molecular weight excluding hydrogens is 416 g/mol. The highest BCUT2D eigenvalue weighted by atomic mass is 32.2. The van der Waals surface area contributed by atoms with Crippen LogP contribution in [-0.2, 0) is 20.2 Å². The van der Waals surface area contributed by atoms with Crippen LogP contribution < -0.4 is 10.0 Å². The van der Waals surface area contributed by atoms with Gasteiger partial charge in [0.2, 0.25) is 15.9 Å². The summed E-state index contributed by atoms with van der Waals surface area (Å²) in [6.07, 6.45) is 2.54. The van der Waals surface area contributed by atoms with E-state index in [0.717, 1.165) is 4.90 Å². The molecule has 0 aliphatic heterocycles. The highest BCUT2D eigenvalue weighted by molar-refractivity contribution is 7.98. The maximum Gasteiger partial charge on any atom is 0.240 e. The Morgan fingerprint density at radius 2 is 1.70 bits per heavy atom. The molecule has 0 aromatic heterocycles. The van der Waals surface area contributed by atoms with Gasteiger partial charge in [-0.3, -0.25) is 4.79 Å². The number of thioether (sulfide) groups is 1. The monoisotopic (exact) mass is 448 g/mol. The SMILES string of the molecule is CSc1ccc(S(=O)(=O)NC(C)CC(C)(C)c2ccccc2)cc1NC(=O)C(C)C. The number of nitrogens with one attached hydrogen (secondary N) is 2. The lowest BCUT2D eigenvalue weighted by Crippen LogP contribution is -2.37. The van der Waals surface area contributed by atoms with Crippen molar-refractivity contribution in [3.05, 3.63) is 54.1 Å². The van der Waals surface area contributed by atoms with E-state index in [2.05, 4.69) is 36.0 Å². The van der Waals surface area contributed by atoms with Gasteiger partial charge in [0.1, 0.15) is 0 Å². The second-order valence-corrected chi connectivity index (χ2v) is 11.0. The Bertz CT molecular complexity index is 971. The van der Waals surface area contributed by atoms with E-state index in [1.54, 1.807) is 26.0 Å². The summed E-state index contributed by atoms with van der Waals surface area (Å²) >= 11 is 1.46. The molecule has 2 rings (SSSR count). The Labute approximate surface area is 185 Å². The zero-order valence-corrected chi connectivity index (χ0v) is 20.2. The van der Waals surface area contributed by atoms with Crippen LogP contribution in [0.3, 0.4) is 0 Å². The van der Waals surface area contributed by atoms with Crippen molar-refractivity contribution in [2.75, 3.05) is 11.6 Å². The quantitative estimate of drug-likeness (QED) is 0.527. The fraction of sp³-hybridized carbons (Fsp3) is 0.435. The lowest BCUT2D eigenvalue weighted by Gasteiger charge is -2.29. The number of carbonyl (C=O) groups excluding carboxylic acids is 1. The molecule has 1 atom stereocenters. The zero-order valence-electron chi connectivity index (χ0n) is 18.5. The minimum atomic E-state index is -3.73. The summed E-state index contributed by atoms with van der Waals surface area (Å²) in [5.41, 5.74) is 1.50. The molecule has 0 aliphatic carbocycles. The number of benzene rings is 2. The Kier molecular flexibility index (Phi) is 8.13. The highest BCUT2D eigenvalue weighted by Crippen LogP contribution is 2.30. The van der Waals surface area contributed by atoms with Crippen molar-refractivity contribution in [1.82, 2.24) is 4.72 Å². The van der Waals surface area contributed by atoms with Crippen LogP contribution in [-0.4, -0.2) is 26.6 Å². The van der Waals surface area contributed by atoms with E-state index >= 15 is 0 Å². The van der Waals surface area contributed by atoms with Crippen LogP contribution in [0.4, 0.5) is 5.69 Å². The fourth-order valence-electron chi connectivity index (χ4n) is 3.38. The summed E-state index contributed by atoms with van der Waals surface area (Å²) < 4.78 is 28.8. The standard InChI is InChI=1S/C23H32N2O3S2/c1-16(2)22(26)24-20-14-19(12-13-21(20)29-6)30(27,28)25-17(3)15-23(4,5)18-10-8-7-9-11-18/h7-14,16-17,25H,15H2,1-6H3,(H,24,26). The van der Waals surface area contributed by atoms with Crippen molar-refractivity contribution in [1.29, 1.82) is 0 Å². The summed E-state index contributed by atoms with van der Waals surface area (Å²) in [6, 6.07) is 14.7. The van der Waals surface area contributed by atoms with Crippen LogP contribution in [0.2, 0.25) is 0 Å². The van der Waals surface area contributed by atoms with E-state index in [9.17, 15) is 13.2 Å². The van der Waals surface area contributed by atoms with Crippen molar-refractivity contribution >= 4 is 33.4 Å². The first-order chi connectivity index (χ1) is 14.0. The minimum absolute atomic E-state index is 0.142. The second-order valence-electron chi connectivity index (χ2n) is 8.48. The van der Waals surface area contributed by atoms with Crippen LogP contribution in [0.15, 0.2) is 58.3 Å². The molecule has 0 aliphatic rings. The van der Waals surface area contributed by atoms with Crippen LogP contribution in [0, 0.1) is 5.92 Å². The van der Waals surface area contributed by atoms with E-state index in [1.165, 1.54) is 23.4 Å². The molecule has 164 valence electrons. The van der Waals surface area contributed by atoms with Crippen LogP contribution >= 0.6 is 11.8 Å². The molecule has 0 spiro atoms. The van der Waals surface area contributed by atoms with Crippen molar-refractivity contribution in [2.24, 2.45) is 5.92 Å². The number of hydrogen-bond donors (Lipinski definition) is 2. The minimum Gasteiger partial charge on any atom is -0.325 e. The number of hydrogen-bond acceptors (Lipinski definition) is 4. The van der Waals surface area contributed by atoms with Gasteiger partial charge in [0.15, 0.2) is 0 Å². The number of carbonyl (C=O) groups is 1. The molecule has 0 heterocycles. The molecule has 1 amide bonds. The van der Waals surface area contributed by atoms with Gasteiger partial charge in [-0.2, -0.15) is 0 Å².